The minimum absolute atomic E-state index is 0.0178. The second-order valence-electron chi connectivity index (χ2n) is 2.41. The van der Waals surface area contributed by atoms with Crippen molar-refractivity contribution >= 4 is 15.9 Å². The van der Waals surface area contributed by atoms with E-state index in [1.165, 1.54) is 13.2 Å². The van der Waals surface area contributed by atoms with Gasteiger partial charge in [-0.2, -0.15) is 0 Å². The third-order valence-electron chi connectivity index (χ3n) is 1.68. The van der Waals surface area contributed by atoms with Crippen molar-refractivity contribution in [3.8, 4) is 11.5 Å². The molecule has 1 aromatic carbocycles. The highest BCUT2D eigenvalue weighted by Gasteiger charge is 2.15. The Hall–Kier alpha value is -0.810. The number of methoxy groups -OCH3 is 1. The highest BCUT2D eigenvalue weighted by atomic mass is 79.9. The van der Waals surface area contributed by atoms with Gasteiger partial charge in [-0.05, 0) is 6.07 Å². The van der Waals surface area contributed by atoms with Gasteiger partial charge < -0.3 is 15.6 Å². The van der Waals surface area contributed by atoms with E-state index in [0.29, 0.717) is 4.47 Å². The number of rotatable bonds is 2. The van der Waals surface area contributed by atoms with Crippen molar-refractivity contribution in [3.63, 3.8) is 0 Å². The lowest BCUT2D eigenvalue weighted by Crippen LogP contribution is -2.02. The lowest BCUT2D eigenvalue weighted by atomic mass is 10.2. The van der Waals surface area contributed by atoms with Gasteiger partial charge in [-0.25, -0.2) is 4.39 Å². The molecule has 3 nitrogen and oxygen atoms in total. The first-order valence-corrected chi connectivity index (χ1v) is 4.35. The Bertz CT molecular complexity index is 330. The number of ether oxygens (including phenoxy) is 1. The molecule has 5 heteroatoms. The van der Waals surface area contributed by atoms with Crippen LogP contribution in [0.5, 0.6) is 11.5 Å². The van der Waals surface area contributed by atoms with Gasteiger partial charge >= 0.3 is 0 Å². The highest BCUT2D eigenvalue weighted by Crippen LogP contribution is 2.35. The molecule has 0 aliphatic rings. The lowest BCUT2D eigenvalue weighted by molar-refractivity contribution is 0.355. The van der Waals surface area contributed by atoms with E-state index in [2.05, 4.69) is 15.9 Å². The average Bonchev–Trinajstić information content (AvgIpc) is 2.12. The number of phenolic OH excluding ortho intramolecular Hbond substituents is 1. The van der Waals surface area contributed by atoms with Crippen molar-refractivity contribution in [3.05, 3.63) is 21.9 Å². The number of phenols is 1. The summed E-state index contributed by atoms with van der Waals surface area (Å²) >= 11 is 3.12. The summed E-state index contributed by atoms with van der Waals surface area (Å²) in [5.41, 5.74) is 5.52. The molecule has 0 radical (unpaired) electrons. The van der Waals surface area contributed by atoms with Gasteiger partial charge in [0.2, 0.25) is 0 Å². The molecule has 0 saturated carbocycles. The van der Waals surface area contributed by atoms with E-state index in [4.69, 9.17) is 10.5 Å². The average molecular weight is 250 g/mol. The van der Waals surface area contributed by atoms with E-state index in [-0.39, 0.29) is 17.9 Å². The molecule has 0 bridgehead atoms. The summed E-state index contributed by atoms with van der Waals surface area (Å²) in [6, 6.07) is 1.47. The number of hydrogen-bond acceptors (Lipinski definition) is 3. The van der Waals surface area contributed by atoms with E-state index >= 15 is 0 Å². The van der Waals surface area contributed by atoms with Gasteiger partial charge in [0.25, 0.3) is 0 Å². The molecule has 1 aromatic rings. The predicted molar refractivity (Wildman–Crippen MR) is 50.2 cm³/mol. The summed E-state index contributed by atoms with van der Waals surface area (Å²) in [5.74, 6) is -1.17. The van der Waals surface area contributed by atoms with Gasteiger partial charge in [0.15, 0.2) is 17.3 Å². The Balaban J connectivity index is 3.37. The first-order valence-electron chi connectivity index (χ1n) is 3.55. The molecule has 0 aliphatic carbocycles. The molecular weight excluding hydrogens is 241 g/mol. The van der Waals surface area contributed by atoms with Crippen LogP contribution in [0, 0.1) is 5.82 Å². The van der Waals surface area contributed by atoms with Crippen molar-refractivity contribution < 1.29 is 14.2 Å². The van der Waals surface area contributed by atoms with E-state index in [9.17, 15) is 9.50 Å². The van der Waals surface area contributed by atoms with Crippen LogP contribution in [-0.2, 0) is 6.54 Å². The second kappa shape index (κ2) is 3.93. The summed E-state index contributed by atoms with van der Waals surface area (Å²) < 4.78 is 18.5. The lowest BCUT2D eigenvalue weighted by Gasteiger charge is -2.09. The van der Waals surface area contributed by atoms with Crippen molar-refractivity contribution in [2.75, 3.05) is 7.11 Å². The van der Waals surface area contributed by atoms with Gasteiger partial charge in [0, 0.05) is 16.6 Å². The quantitative estimate of drug-likeness (QED) is 0.840. The molecule has 13 heavy (non-hydrogen) atoms. The summed E-state index contributed by atoms with van der Waals surface area (Å²) in [7, 11) is 1.35. The number of halogens is 2. The molecule has 0 amide bonds. The zero-order chi connectivity index (χ0) is 10.0. The normalized spacial score (nSPS) is 10.2. The molecule has 1 rings (SSSR count). The second-order valence-corrected chi connectivity index (χ2v) is 3.26. The first kappa shape index (κ1) is 10.3. The minimum Gasteiger partial charge on any atom is -0.502 e. The fourth-order valence-corrected chi connectivity index (χ4v) is 1.51. The number of benzene rings is 1. The monoisotopic (exact) mass is 249 g/mol. The minimum atomic E-state index is -0.742. The molecule has 0 atom stereocenters. The Morgan fingerprint density at radius 2 is 2.31 bits per heavy atom. The Morgan fingerprint density at radius 3 is 2.77 bits per heavy atom. The van der Waals surface area contributed by atoms with E-state index in [0.717, 1.165) is 0 Å². The smallest absolute Gasteiger partial charge is 0.194 e. The summed E-state index contributed by atoms with van der Waals surface area (Å²) in [6.07, 6.45) is 0. The van der Waals surface area contributed by atoms with E-state index in [1.54, 1.807) is 0 Å². The molecule has 0 fully saturated rings. The molecular formula is C8H9BrFNO2. The summed E-state index contributed by atoms with van der Waals surface area (Å²) in [5, 5.41) is 9.26. The standard InChI is InChI=1S/C8H9BrFNO2/c1-13-6-2-5(9)4(3-11)7(10)8(6)12/h2,12H,3,11H2,1H3. The summed E-state index contributed by atoms with van der Waals surface area (Å²) in [4.78, 5) is 0. The topological polar surface area (TPSA) is 55.5 Å². The molecule has 0 aromatic heterocycles. The van der Waals surface area contributed by atoms with Crippen molar-refractivity contribution in [2.24, 2.45) is 5.73 Å². The van der Waals surface area contributed by atoms with Crippen LogP contribution in [0.4, 0.5) is 4.39 Å². The number of nitrogens with two attached hydrogens (primary N) is 1. The van der Waals surface area contributed by atoms with Gasteiger partial charge in [-0.15, -0.1) is 0 Å². The Morgan fingerprint density at radius 1 is 1.69 bits per heavy atom. The van der Waals surface area contributed by atoms with Gasteiger partial charge in [-0.1, -0.05) is 15.9 Å². The fourth-order valence-electron chi connectivity index (χ4n) is 0.969. The number of aromatic hydroxyl groups is 1. The molecule has 0 spiro atoms. The van der Waals surface area contributed by atoms with Crippen LogP contribution in [0.15, 0.2) is 10.5 Å². The molecule has 72 valence electrons. The van der Waals surface area contributed by atoms with Crippen molar-refractivity contribution in [2.45, 2.75) is 6.54 Å². The maximum atomic E-state index is 13.3. The van der Waals surface area contributed by atoms with Crippen LogP contribution in [-0.4, -0.2) is 12.2 Å². The predicted octanol–water partition coefficient (Wildman–Crippen LogP) is 1.76. The molecule has 0 heterocycles. The maximum Gasteiger partial charge on any atom is 0.194 e. The zero-order valence-corrected chi connectivity index (χ0v) is 8.56. The van der Waals surface area contributed by atoms with Crippen LogP contribution in [0.3, 0.4) is 0 Å². The third-order valence-corrected chi connectivity index (χ3v) is 2.38. The zero-order valence-electron chi connectivity index (χ0n) is 6.97. The van der Waals surface area contributed by atoms with Crippen LogP contribution in [0.25, 0.3) is 0 Å². The Labute approximate surface area is 83.4 Å². The maximum absolute atomic E-state index is 13.3. The van der Waals surface area contributed by atoms with Crippen LogP contribution in [0.1, 0.15) is 5.56 Å². The molecule has 0 saturated heterocycles. The third kappa shape index (κ3) is 1.76. The van der Waals surface area contributed by atoms with Crippen molar-refractivity contribution in [1.82, 2.24) is 0 Å². The Kier molecular flexibility index (Phi) is 3.11. The molecule has 0 unspecified atom stereocenters. The van der Waals surface area contributed by atoms with E-state index in [1.807, 2.05) is 0 Å². The summed E-state index contributed by atoms with van der Waals surface area (Å²) in [6.45, 7) is 0.0178. The largest absolute Gasteiger partial charge is 0.502 e. The number of hydrogen-bond donors (Lipinski definition) is 2. The van der Waals surface area contributed by atoms with E-state index < -0.39 is 11.6 Å². The molecule has 3 N–H and O–H groups in total. The van der Waals surface area contributed by atoms with Gasteiger partial charge in [0.05, 0.1) is 7.11 Å². The highest BCUT2D eigenvalue weighted by molar-refractivity contribution is 9.10. The fraction of sp³-hybridized carbons (Fsp3) is 0.250. The van der Waals surface area contributed by atoms with Crippen LogP contribution in [0.2, 0.25) is 0 Å². The van der Waals surface area contributed by atoms with Gasteiger partial charge in [-0.3, -0.25) is 0 Å². The van der Waals surface area contributed by atoms with Crippen LogP contribution >= 0.6 is 15.9 Å². The first-order chi connectivity index (χ1) is 6.11. The SMILES string of the molecule is COc1cc(Br)c(CN)c(F)c1O. The van der Waals surface area contributed by atoms with Crippen molar-refractivity contribution in [1.29, 1.82) is 0 Å². The van der Waals surface area contributed by atoms with Gasteiger partial charge in [0.1, 0.15) is 0 Å². The molecule has 0 aliphatic heterocycles. The van der Waals surface area contributed by atoms with Crippen LogP contribution < -0.4 is 10.5 Å².